The van der Waals surface area contributed by atoms with Gasteiger partial charge in [-0.25, -0.2) is 4.98 Å². The minimum absolute atomic E-state index is 0.351. The molecule has 8 heteroatoms. The van der Waals surface area contributed by atoms with Gasteiger partial charge in [-0.15, -0.1) is 0 Å². The number of nitrogens with zero attached hydrogens (tertiary/aromatic N) is 6. The van der Waals surface area contributed by atoms with Gasteiger partial charge in [-0.3, -0.25) is 5.10 Å². The fourth-order valence-electron chi connectivity index (χ4n) is 1.17. The minimum Gasteiger partial charge on any atom is -0.333 e. The molecule has 0 bridgehead atoms. The highest BCUT2D eigenvalue weighted by Gasteiger charge is 2.12. The highest BCUT2D eigenvalue weighted by atomic mass is 16.5. The Labute approximate surface area is 88.8 Å². The average molecular weight is 215 g/mol. The maximum Gasteiger partial charge on any atom is 0.260 e. The summed E-state index contributed by atoms with van der Waals surface area (Å²) in [6, 6.07) is 1.73. The number of hydrogen-bond acceptors (Lipinski definition) is 7. The Hall–Kier alpha value is -2.64. The highest BCUT2D eigenvalue weighted by molar-refractivity contribution is 5.53. The van der Waals surface area contributed by atoms with E-state index in [4.69, 9.17) is 4.52 Å². The zero-order valence-corrected chi connectivity index (χ0v) is 7.90. The Morgan fingerprint density at radius 3 is 3.00 bits per heavy atom. The number of aromatic amines is 1. The van der Waals surface area contributed by atoms with Crippen molar-refractivity contribution in [1.82, 2.24) is 35.5 Å². The predicted molar refractivity (Wildman–Crippen MR) is 50.7 cm³/mol. The Kier molecular flexibility index (Phi) is 1.89. The molecule has 0 saturated carbocycles. The van der Waals surface area contributed by atoms with E-state index in [1.807, 2.05) is 0 Å². The summed E-state index contributed by atoms with van der Waals surface area (Å²) in [5, 5.41) is 17.5. The summed E-state index contributed by atoms with van der Waals surface area (Å²) >= 11 is 0. The molecule has 78 valence electrons. The molecule has 0 aliphatic rings. The quantitative estimate of drug-likeness (QED) is 0.655. The van der Waals surface area contributed by atoms with Crippen LogP contribution in [0.1, 0.15) is 0 Å². The molecule has 0 spiro atoms. The van der Waals surface area contributed by atoms with Gasteiger partial charge < -0.3 is 4.52 Å². The van der Waals surface area contributed by atoms with Crippen LogP contribution in [0.25, 0.3) is 23.1 Å². The predicted octanol–water partition coefficient (Wildman–Crippen LogP) is 0.312. The Bertz CT molecular complexity index is 573. The van der Waals surface area contributed by atoms with E-state index in [9.17, 15) is 0 Å². The lowest BCUT2D eigenvalue weighted by Crippen LogP contribution is -1.84. The van der Waals surface area contributed by atoms with Crippen LogP contribution in [0.2, 0.25) is 0 Å². The van der Waals surface area contributed by atoms with Crippen molar-refractivity contribution < 1.29 is 4.52 Å². The Morgan fingerprint density at radius 1 is 1.25 bits per heavy atom. The van der Waals surface area contributed by atoms with E-state index in [2.05, 4.69) is 35.5 Å². The van der Waals surface area contributed by atoms with Crippen molar-refractivity contribution >= 4 is 0 Å². The van der Waals surface area contributed by atoms with Crippen LogP contribution in [-0.4, -0.2) is 35.5 Å². The molecule has 8 nitrogen and oxygen atoms in total. The van der Waals surface area contributed by atoms with Gasteiger partial charge in [0, 0.05) is 0 Å². The maximum atomic E-state index is 5.06. The molecule has 16 heavy (non-hydrogen) atoms. The third-order valence-corrected chi connectivity index (χ3v) is 1.88. The average Bonchev–Trinajstić information content (AvgIpc) is 3.01. The van der Waals surface area contributed by atoms with Crippen molar-refractivity contribution in [2.75, 3.05) is 0 Å². The summed E-state index contributed by atoms with van der Waals surface area (Å²) in [5.41, 5.74) is 0.702. The number of hydrogen-bond donors (Lipinski definition) is 1. The van der Waals surface area contributed by atoms with E-state index in [-0.39, 0.29) is 0 Å². The molecule has 0 aliphatic carbocycles. The topological polar surface area (TPSA) is 106 Å². The minimum atomic E-state index is 0.351. The van der Waals surface area contributed by atoms with Crippen molar-refractivity contribution in [3.63, 3.8) is 0 Å². The summed E-state index contributed by atoms with van der Waals surface area (Å²) < 4.78 is 5.06. The van der Waals surface area contributed by atoms with Crippen LogP contribution in [0.4, 0.5) is 0 Å². The summed E-state index contributed by atoms with van der Waals surface area (Å²) in [6.45, 7) is 0. The molecule has 3 aromatic rings. The molecule has 0 radical (unpaired) electrons. The smallest absolute Gasteiger partial charge is 0.260 e. The molecule has 0 saturated heterocycles. The van der Waals surface area contributed by atoms with E-state index in [1.165, 1.54) is 12.5 Å². The van der Waals surface area contributed by atoms with Crippen LogP contribution in [0.15, 0.2) is 29.3 Å². The van der Waals surface area contributed by atoms with E-state index in [0.29, 0.717) is 23.1 Å². The standard InChI is InChI=1S/C8H5N7O/c1-2-10-11-3-5(1)8-13-7(15-16-8)6-9-4-12-14-6/h1-4H,(H,9,12,14). The third kappa shape index (κ3) is 1.41. The van der Waals surface area contributed by atoms with Crippen LogP contribution in [0.3, 0.4) is 0 Å². The first-order chi connectivity index (χ1) is 7.93. The number of rotatable bonds is 2. The van der Waals surface area contributed by atoms with Gasteiger partial charge in [0.2, 0.25) is 5.82 Å². The fourth-order valence-corrected chi connectivity index (χ4v) is 1.17. The molecule has 3 aromatic heterocycles. The molecule has 1 N–H and O–H groups in total. The van der Waals surface area contributed by atoms with Crippen molar-refractivity contribution in [2.24, 2.45) is 0 Å². The molecule has 0 aliphatic heterocycles. The lowest BCUT2D eigenvalue weighted by atomic mass is 10.3. The van der Waals surface area contributed by atoms with Gasteiger partial charge in [0.1, 0.15) is 6.33 Å². The van der Waals surface area contributed by atoms with Crippen LogP contribution < -0.4 is 0 Å². The van der Waals surface area contributed by atoms with Crippen LogP contribution >= 0.6 is 0 Å². The fraction of sp³-hybridized carbons (Fsp3) is 0. The number of nitrogens with one attached hydrogen (secondary N) is 1. The zero-order valence-electron chi connectivity index (χ0n) is 7.90. The van der Waals surface area contributed by atoms with Gasteiger partial charge in [0.05, 0.1) is 18.0 Å². The molecule has 0 aromatic carbocycles. The van der Waals surface area contributed by atoms with Crippen LogP contribution in [0.5, 0.6) is 0 Å². The SMILES string of the molecule is c1cc(-c2nc(-c3ncn[nH]3)no2)cnn1. The van der Waals surface area contributed by atoms with Crippen molar-refractivity contribution in [1.29, 1.82) is 0 Å². The molecule has 3 rings (SSSR count). The second-order valence-electron chi connectivity index (χ2n) is 2.89. The second-order valence-corrected chi connectivity index (χ2v) is 2.89. The van der Waals surface area contributed by atoms with Crippen molar-refractivity contribution in [3.05, 3.63) is 24.8 Å². The van der Waals surface area contributed by atoms with E-state index in [0.717, 1.165) is 0 Å². The lowest BCUT2D eigenvalue weighted by Gasteiger charge is -1.88. The van der Waals surface area contributed by atoms with Gasteiger partial charge in [0.25, 0.3) is 5.89 Å². The summed E-state index contributed by atoms with van der Waals surface area (Å²) in [5.74, 6) is 1.17. The first-order valence-electron chi connectivity index (χ1n) is 4.40. The third-order valence-electron chi connectivity index (χ3n) is 1.88. The first kappa shape index (κ1) is 8.65. The number of H-pyrrole nitrogens is 1. The van der Waals surface area contributed by atoms with Crippen molar-refractivity contribution in [3.8, 4) is 23.1 Å². The van der Waals surface area contributed by atoms with E-state index < -0.39 is 0 Å². The van der Waals surface area contributed by atoms with E-state index in [1.54, 1.807) is 12.3 Å². The lowest BCUT2D eigenvalue weighted by molar-refractivity contribution is 0.431. The summed E-state index contributed by atoms with van der Waals surface area (Å²) in [4.78, 5) is 8.06. The first-order valence-corrected chi connectivity index (χ1v) is 4.40. The highest BCUT2D eigenvalue weighted by Crippen LogP contribution is 2.17. The monoisotopic (exact) mass is 215 g/mol. The van der Waals surface area contributed by atoms with E-state index >= 15 is 0 Å². The molecule has 0 unspecified atom stereocenters. The van der Waals surface area contributed by atoms with Gasteiger partial charge in [-0.2, -0.15) is 20.3 Å². The van der Waals surface area contributed by atoms with Gasteiger partial charge in [-0.1, -0.05) is 5.16 Å². The van der Waals surface area contributed by atoms with Gasteiger partial charge >= 0.3 is 0 Å². The van der Waals surface area contributed by atoms with Gasteiger partial charge in [0.15, 0.2) is 5.82 Å². The normalized spacial score (nSPS) is 10.5. The Balaban J connectivity index is 2.00. The molecule has 3 heterocycles. The molecule has 0 fully saturated rings. The summed E-state index contributed by atoms with van der Waals surface area (Å²) in [7, 11) is 0. The molecule has 0 amide bonds. The van der Waals surface area contributed by atoms with Crippen molar-refractivity contribution in [2.45, 2.75) is 0 Å². The van der Waals surface area contributed by atoms with Crippen LogP contribution in [0, 0.1) is 0 Å². The number of aromatic nitrogens is 7. The van der Waals surface area contributed by atoms with Gasteiger partial charge in [-0.05, 0) is 6.07 Å². The Morgan fingerprint density at radius 2 is 2.25 bits per heavy atom. The maximum absolute atomic E-state index is 5.06. The molecular weight excluding hydrogens is 210 g/mol. The summed E-state index contributed by atoms with van der Waals surface area (Å²) in [6.07, 6.45) is 4.46. The largest absolute Gasteiger partial charge is 0.333 e. The second kappa shape index (κ2) is 3.50. The molecule has 0 atom stereocenters. The van der Waals surface area contributed by atoms with Crippen LogP contribution in [-0.2, 0) is 0 Å². The molecular formula is C8H5N7O. The zero-order chi connectivity index (χ0) is 10.8.